The van der Waals surface area contributed by atoms with Crippen molar-refractivity contribution in [2.24, 2.45) is 11.7 Å². The van der Waals surface area contributed by atoms with Crippen LogP contribution in [0.2, 0.25) is 0 Å². The van der Waals surface area contributed by atoms with Crippen molar-refractivity contribution < 1.29 is 9.59 Å². The number of likely N-dealkylation sites (tertiary alicyclic amines) is 1. The molecule has 2 amide bonds. The lowest BCUT2D eigenvalue weighted by atomic mass is 9.92. The second-order valence-electron chi connectivity index (χ2n) is 5.91. The molecule has 1 aliphatic rings. The standard InChI is InChI=1S/C17H24N2O2/c1-13-10-11-15(17(18)21)12-19(13)16(20)9-5-8-14-6-3-2-4-7-14/h2-4,6-7,13,15H,5,8-12H2,1H3,(H2,18,21)/t13-,15-/m1/s1. The quantitative estimate of drug-likeness (QED) is 0.902. The summed E-state index contributed by atoms with van der Waals surface area (Å²) in [6.45, 7) is 2.53. The number of amides is 2. The number of benzene rings is 1. The van der Waals surface area contributed by atoms with E-state index in [4.69, 9.17) is 5.73 Å². The van der Waals surface area contributed by atoms with Gasteiger partial charge in [0.1, 0.15) is 0 Å². The van der Waals surface area contributed by atoms with Gasteiger partial charge in [-0.1, -0.05) is 30.3 Å². The first kappa shape index (κ1) is 15.5. The molecule has 0 spiro atoms. The van der Waals surface area contributed by atoms with Crippen molar-refractivity contribution in [3.8, 4) is 0 Å². The number of carbonyl (C=O) groups excluding carboxylic acids is 2. The number of primary amides is 1. The Hall–Kier alpha value is -1.84. The maximum Gasteiger partial charge on any atom is 0.222 e. The predicted octanol–water partition coefficient (Wildman–Crippen LogP) is 2.12. The number of hydrogen-bond acceptors (Lipinski definition) is 2. The van der Waals surface area contributed by atoms with Crippen LogP contribution in [0.3, 0.4) is 0 Å². The van der Waals surface area contributed by atoms with E-state index in [-0.39, 0.29) is 23.8 Å². The fraction of sp³-hybridized carbons (Fsp3) is 0.529. The number of nitrogens with zero attached hydrogens (tertiary/aromatic N) is 1. The van der Waals surface area contributed by atoms with Crippen LogP contribution in [-0.2, 0) is 16.0 Å². The highest BCUT2D eigenvalue weighted by molar-refractivity contribution is 5.80. The molecular weight excluding hydrogens is 264 g/mol. The van der Waals surface area contributed by atoms with E-state index in [0.29, 0.717) is 13.0 Å². The van der Waals surface area contributed by atoms with Gasteiger partial charge in [-0.25, -0.2) is 0 Å². The Kier molecular flexibility index (Phi) is 5.37. The van der Waals surface area contributed by atoms with Gasteiger partial charge in [-0.05, 0) is 38.2 Å². The Bertz CT molecular complexity index is 487. The molecule has 1 aromatic carbocycles. The predicted molar refractivity (Wildman–Crippen MR) is 82.5 cm³/mol. The average Bonchev–Trinajstić information content (AvgIpc) is 2.48. The van der Waals surface area contributed by atoms with E-state index in [1.807, 2.05) is 30.0 Å². The summed E-state index contributed by atoms with van der Waals surface area (Å²) in [5.74, 6) is -0.326. The zero-order valence-corrected chi connectivity index (χ0v) is 12.6. The lowest BCUT2D eigenvalue weighted by Crippen LogP contribution is -2.48. The van der Waals surface area contributed by atoms with E-state index in [1.54, 1.807) is 0 Å². The molecule has 0 radical (unpaired) electrons. The van der Waals surface area contributed by atoms with Crippen molar-refractivity contribution in [3.05, 3.63) is 35.9 Å². The molecule has 4 heteroatoms. The molecule has 2 N–H and O–H groups in total. The minimum atomic E-state index is -0.288. The zero-order valence-electron chi connectivity index (χ0n) is 12.6. The molecule has 0 aliphatic carbocycles. The highest BCUT2D eigenvalue weighted by Crippen LogP contribution is 2.22. The number of nitrogens with two attached hydrogens (primary N) is 1. The highest BCUT2D eigenvalue weighted by Gasteiger charge is 2.31. The third-order valence-corrected chi connectivity index (χ3v) is 4.30. The van der Waals surface area contributed by atoms with Crippen LogP contribution < -0.4 is 5.73 Å². The number of aryl methyl sites for hydroxylation is 1. The van der Waals surface area contributed by atoms with Gasteiger partial charge in [0.2, 0.25) is 11.8 Å². The van der Waals surface area contributed by atoms with Crippen LogP contribution in [0.5, 0.6) is 0 Å². The van der Waals surface area contributed by atoms with Crippen molar-refractivity contribution >= 4 is 11.8 Å². The smallest absolute Gasteiger partial charge is 0.222 e. The number of rotatable bonds is 5. The summed E-state index contributed by atoms with van der Waals surface area (Å²) in [5, 5.41) is 0. The van der Waals surface area contributed by atoms with Crippen LogP contribution >= 0.6 is 0 Å². The fourth-order valence-electron chi connectivity index (χ4n) is 2.92. The molecule has 0 aromatic heterocycles. The number of hydrogen-bond donors (Lipinski definition) is 1. The Morgan fingerprint density at radius 2 is 1.95 bits per heavy atom. The van der Waals surface area contributed by atoms with Gasteiger partial charge in [-0.15, -0.1) is 0 Å². The van der Waals surface area contributed by atoms with E-state index in [0.717, 1.165) is 25.7 Å². The molecule has 1 aliphatic heterocycles. The Balaban J connectivity index is 1.82. The van der Waals surface area contributed by atoms with E-state index in [9.17, 15) is 9.59 Å². The van der Waals surface area contributed by atoms with Gasteiger partial charge < -0.3 is 10.6 Å². The first-order valence-electron chi connectivity index (χ1n) is 7.70. The molecule has 1 heterocycles. The number of carbonyl (C=O) groups is 2. The van der Waals surface area contributed by atoms with Crippen LogP contribution in [-0.4, -0.2) is 29.3 Å². The van der Waals surface area contributed by atoms with E-state index in [2.05, 4.69) is 12.1 Å². The van der Waals surface area contributed by atoms with Gasteiger partial charge in [0, 0.05) is 19.0 Å². The van der Waals surface area contributed by atoms with Gasteiger partial charge in [-0.2, -0.15) is 0 Å². The molecule has 0 bridgehead atoms. The summed E-state index contributed by atoms with van der Waals surface area (Å²) in [4.78, 5) is 25.5. The van der Waals surface area contributed by atoms with Crippen molar-refractivity contribution in [2.45, 2.75) is 45.1 Å². The second kappa shape index (κ2) is 7.25. The molecule has 21 heavy (non-hydrogen) atoms. The van der Waals surface area contributed by atoms with Crippen LogP contribution in [0.1, 0.15) is 38.2 Å². The second-order valence-corrected chi connectivity index (χ2v) is 5.91. The minimum absolute atomic E-state index is 0.143. The Morgan fingerprint density at radius 1 is 1.24 bits per heavy atom. The highest BCUT2D eigenvalue weighted by atomic mass is 16.2. The normalized spacial score (nSPS) is 22.0. The molecule has 2 atom stereocenters. The minimum Gasteiger partial charge on any atom is -0.369 e. The van der Waals surface area contributed by atoms with Gasteiger partial charge in [0.15, 0.2) is 0 Å². The molecule has 0 unspecified atom stereocenters. The van der Waals surface area contributed by atoms with E-state index in [1.165, 1.54) is 5.56 Å². The maximum atomic E-state index is 12.3. The molecule has 1 aromatic rings. The summed E-state index contributed by atoms with van der Waals surface area (Å²) in [5.41, 5.74) is 6.63. The van der Waals surface area contributed by atoms with Crippen LogP contribution in [0.4, 0.5) is 0 Å². The summed E-state index contributed by atoms with van der Waals surface area (Å²) in [6, 6.07) is 10.4. The molecular formula is C17H24N2O2. The van der Waals surface area contributed by atoms with Crippen molar-refractivity contribution in [1.82, 2.24) is 4.90 Å². The average molecular weight is 288 g/mol. The van der Waals surface area contributed by atoms with Crippen molar-refractivity contribution in [1.29, 1.82) is 0 Å². The lowest BCUT2D eigenvalue weighted by molar-refractivity contribution is -0.137. The van der Waals surface area contributed by atoms with Gasteiger partial charge in [0.05, 0.1) is 5.92 Å². The molecule has 114 valence electrons. The summed E-state index contributed by atoms with van der Waals surface area (Å²) in [6.07, 6.45) is 3.94. The van der Waals surface area contributed by atoms with Crippen LogP contribution in [0.25, 0.3) is 0 Å². The lowest BCUT2D eigenvalue weighted by Gasteiger charge is -2.37. The molecule has 1 saturated heterocycles. The fourth-order valence-corrected chi connectivity index (χ4v) is 2.92. The SMILES string of the molecule is C[C@@H]1CC[C@@H](C(N)=O)CN1C(=O)CCCc1ccccc1. The molecule has 0 saturated carbocycles. The van der Waals surface area contributed by atoms with Gasteiger partial charge >= 0.3 is 0 Å². The third-order valence-electron chi connectivity index (χ3n) is 4.30. The first-order valence-corrected chi connectivity index (χ1v) is 7.70. The largest absolute Gasteiger partial charge is 0.369 e. The van der Waals surface area contributed by atoms with E-state index < -0.39 is 0 Å². The topological polar surface area (TPSA) is 63.4 Å². The maximum absolute atomic E-state index is 12.3. The molecule has 4 nitrogen and oxygen atoms in total. The molecule has 2 rings (SSSR count). The number of piperidine rings is 1. The van der Waals surface area contributed by atoms with Crippen LogP contribution in [0.15, 0.2) is 30.3 Å². The van der Waals surface area contributed by atoms with Crippen molar-refractivity contribution in [3.63, 3.8) is 0 Å². The van der Waals surface area contributed by atoms with Gasteiger partial charge in [-0.3, -0.25) is 9.59 Å². The van der Waals surface area contributed by atoms with Crippen molar-refractivity contribution in [2.75, 3.05) is 6.54 Å². The van der Waals surface area contributed by atoms with Gasteiger partial charge in [0.25, 0.3) is 0 Å². The summed E-state index contributed by atoms with van der Waals surface area (Å²) in [7, 11) is 0. The van der Waals surface area contributed by atoms with E-state index >= 15 is 0 Å². The Morgan fingerprint density at radius 3 is 2.62 bits per heavy atom. The third kappa shape index (κ3) is 4.31. The summed E-state index contributed by atoms with van der Waals surface area (Å²) >= 11 is 0. The zero-order chi connectivity index (χ0) is 15.2. The summed E-state index contributed by atoms with van der Waals surface area (Å²) < 4.78 is 0. The first-order chi connectivity index (χ1) is 10.1. The monoisotopic (exact) mass is 288 g/mol. The Labute approximate surface area is 126 Å². The van der Waals surface area contributed by atoms with Crippen LogP contribution in [0, 0.1) is 5.92 Å². The molecule has 1 fully saturated rings.